The molecule has 0 spiro atoms. The van der Waals surface area contributed by atoms with Crippen LogP contribution in [0.1, 0.15) is 5.69 Å². The Bertz CT molecular complexity index is 476. The summed E-state index contributed by atoms with van der Waals surface area (Å²) in [6, 6.07) is 0. The van der Waals surface area contributed by atoms with E-state index in [1.165, 1.54) is 6.20 Å². The lowest BCUT2D eigenvalue weighted by Gasteiger charge is -2.04. The molecule has 74 valence electrons. The van der Waals surface area contributed by atoms with Gasteiger partial charge in [0.2, 0.25) is 0 Å². The van der Waals surface area contributed by atoms with Crippen molar-refractivity contribution in [1.82, 2.24) is 14.4 Å². The molecule has 0 unspecified atom stereocenters. The predicted molar refractivity (Wildman–Crippen MR) is 43.0 cm³/mol. The first-order chi connectivity index (χ1) is 6.50. The molecule has 0 saturated heterocycles. The maximum Gasteiger partial charge on any atom is 0.433 e. The van der Waals surface area contributed by atoms with Gasteiger partial charge in [-0.1, -0.05) is 11.6 Å². The molecule has 3 nitrogen and oxygen atoms in total. The van der Waals surface area contributed by atoms with Crippen molar-refractivity contribution in [2.45, 2.75) is 6.18 Å². The monoisotopic (exact) mass is 221 g/mol. The number of nitrogens with zero attached hydrogens (tertiary/aromatic N) is 3. The van der Waals surface area contributed by atoms with E-state index in [-0.39, 0.29) is 10.8 Å². The molecule has 0 fully saturated rings. The number of alkyl halides is 3. The van der Waals surface area contributed by atoms with Crippen LogP contribution in [0.5, 0.6) is 0 Å². The van der Waals surface area contributed by atoms with Crippen molar-refractivity contribution >= 4 is 17.2 Å². The summed E-state index contributed by atoms with van der Waals surface area (Å²) in [5.74, 6) is 0. The number of hydrogen-bond donors (Lipinski definition) is 0. The standard InChI is InChI=1S/C7H3ClF3N3/c8-5-6-13-3-4(7(9,10)11)14(6)2-1-12-5/h1-3H. The SMILES string of the molecule is FC(F)(F)c1cnc2c(Cl)nccn12. The largest absolute Gasteiger partial charge is 0.433 e. The molecule has 0 aromatic carbocycles. The average molecular weight is 222 g/mol. The van der Waals surface area contributed by atoms with Gasteiger partial charge in [0.1, 0.15) is 5.69 Å². The van der Waals surface area contributed by atoms with E-state index in [9.17, 15) is 13.2 Å². The number of hydrogen-bond acceptors (Lipinski definition) is 2. The van der Waals surface area contributed by atoms with Crippen LogP contribution in [0.3, 0.4) is 0 Å². The lowest BCUT2D eigenvalue weighted by Crippen LogP contribution is -2.08. The molecular formula is C7H3ClF3N3. The minimum Gasteiger partial charge on any atom is -0.292 e. The summed E-state index contributed by atoms with van der Waals surface area (Å²) < 4.78 is 37.9. The van der Waals surface area contributed by atoms with Gasteiger partial charge in [-0.3, -0.25) is 4.40 Å². The van der Waals surface area contributed by atoms with Crippen LogP contribution in [0.25, 0.3) is 5.65 Å². The van der Waals surface area contributed by atoms with Crippen LogP contribution in [0.4, 0.5) is 13.2 Å². The van der Waals surface area contributed by atoms with Crippen molar-refractivity contribution in [2.24, 2.45) is 0 Å². The quantitative estimate of drug-likeness (QED) is 0.684. The molecule has 0 aliphatic rings. The number of fused-ring (bicyclic) bond motifs is 1. The van der Waals surface area contributed by atoms with Crippen LogP contribution in [0.2, 0.25) is 5.15 Å². The fourth-order valence-corrected chi connectivity index (χ4v) is 1.29. The summed E-state index contributed by atoms with van der Waals surface area (Å²) in [6.45, 7) is 0. The lowest BCUT2D eigenvalue weighted by molar-refractivity contribution is -0.141. The molecule has 14 heavy (non-hydrogen) atoms. The van der Waals surface area contributed by atoms with Crippen molar-refractivity contribution < 1.29 is 13.2 Å². The second-order valence-electron chi connectivity index (χ2n) is 2.55. The first kappa shape index (κ1) is 9.26. The van der Waals surface area contributed by atoms with Gasteiger partial charge in [0, 0.05) is 12.4 Å². The van der Waals surface area contributed by atoms with Crippen LogP contribution < -0.4 is 0 Å². The Balaban J connectivity index is 2.76. The summed E-state index contributed by atoms with van der Waals surface area (Å²) in [7, 11) is 0. The molecular weight excluding hydrogens is 219 g/mol. The second kappa shape index (κ2) is 2.84. The molecule has 0 bridgehead atoms. The van der Waals surface area contributed by atoms with Crippen molar-refractivity contribution in [2.75, 3.05) is 0 Å². The van der Waals surface area contributed by atoms with E-state index in [1.807, 2.05) is 0 Å². The summed E-state index contributed by atoms with van der Waals surface area (Å²) >= 11 is 5.56. The molecule has 2 aromatic rings. The minimum atomic E-state index is -4.44. The van der Waals surface area contributed by atoms with E-state index in [1.54, 1.807) is 0 Å². The number of halogens is 4. The Labute approximate surface area is 81.2 Å². The van der Waals surface area contributed by atoms with Gasteiger partial charge in [0.25, 0.3) is 0 Å². The van der Waals surface area contributed by atoms with Gasteiger partial charge in [-0.05, 0) is 0 Å². The summed E-state index contributed by atoms with van der Waals surface area (Å²) in [5.41, 5.74) is -0.863. The highest BCUT2D eigenvalue weighted by molar-refractivity contribution is 6.32. The van der Waals surface area contributed by atoms with Crippen molar-refractivity contribution in [3.63, 3.8) is 0 Å². The molecule has 0 amide bonds. The maximum absolute atomic E-state index is 12.4. The third-order valence-corrected chi connectivity index (χ3v) is 1.94. The van der Waals surface area contributed by atoms with Gasteiger partial charge in [-0.15, -0.1) is 0 Å². The first-order valence-electron chi connectivity index (χ1n) is 3.55. The Kier molecular flexibility index (Phi) is 1.88. The summed E-state index contributed by atoms with van der Waals surface area (Å²) in [5, 5.41) is -0.0528. The van der Waals surface area contributed by atoms with Crippen LogP contribution in [-0.4, -0.2) is 14.4 Å². The Hall–Kier alpha value is -1.30. The molecule has 0 aliphatic carbocycles. The van der Waals surface area contributed by atoms with E-state index < -0.39 is 11.9 Å². The fraction of sp³-hybridized carbons (Fsp3) is 0.143. The van der Waals surface area contributed by atoms with Gasteiger partial charge >= 0.3 is 6.18 Å². The smallest absolute Gasteiger partial charge is 0.292 e. The second-order valence-corrected chi connectivity index (χ2v) is 2.91. The van der Waals surface area contributed by atoms with Crippen molar-refractivity contribution in [1.29, 1.82) is 0 Å². The van der Waals surface area contributed by atoms with Gasteiger partial charge in [-0.2, -0.15) is 13.2 Å². The third kappa shape index (κ3) is 1.31. The number of imidazole rings is 1. The predicted octanol–water partition coefficient (Wildman–Crippen LogP) is 2.40. The van der Waals surface area contributed by atoms with E-state index in [4.69, 9.17) is 11.6 Å². The van der Waals surface area contributed by atoms with Crippen molar-refractivity contribution in [3.8, 4) is 0 Å². The van der Waals surface area contributed by atoms with Gasteiger partial charge in [0.05, 0.1) is 6.20 Å². The third-order valence-electron chi connectivity index (χ3n) is 1.68. The van der Waals surface area contributed by atoms with Gasteiger partial charge in [0.15, 0.2) is 10.8 Å². The maximum atomic E-state index is 12.4. The van der Waals surface area contributed by atoms with Crippen LogP contribution in [0, 0.1) is 0 Å². The Morgan fingerprint density at radius 1 is 1.29 bits per heavy atom. The zero-order valence-electron chi connectivity index (χ0n) is 6.59. The van der Waals surface area contributed by atoms with Gasteiger partial charge in [-0.25, -0.2) is 9.97 Å². The zero-order valence-corrected chi connectivity index (χ0v) is 7.34. The van der Waals surface area contributed by atoms with Crippen LogP contribution in [0.15, 0.2) is 18.6 Å². The minimum absolute atomic E-state index is 0.00138. The highest BCUT2D eigenvalue weighted by atomic mass is 35.5. The van der Waals surface area contributed by atoms with E-state index >= 15 is 0 Å². The van der Waals surface area contributed by atoms with E-state index in [0.717, 1.165) is 16.8 Å². The van der Waals surface area contributed by atoms with Crippen molar-refractivity contribution in [3.05, 3.63) is 29.4 Å². The lowest BCUT2D eigenvalue weighted by atomic mass is 10.4. The highest BCUT2D eigenvalue weighted by Gasteiger charge is 2.34. The zero-order chi connectivity index (χ0) is 10.3. The fourth-order valence-electron chi connectivity index (χ4n) is 1.10. The topological polar surface area (TPSA) is 30.2 Å². The normalized spacial score (nSPS) is 12.3. The average Bonchev–Trinajstić information content (AvgIpc) is 2.47. The molecule has 0 N–H and O–H groups in total. The summed E-state index contributed by atoms with van der Waals surface area (Å²) in [4.78, 5) is 7.15. The van der Waals surface area contributed by atoms with E-state index in [2.05, 4.69) is 9.97 Å². The summed E-state index contributed by atoms with van der Waals surface area (Å²) in [6.07, 6.45) is -1.36. The number of aromatic nitrogens is 3. The molecule has 0 atom stereocenters. The highest BCUT2D eigenvalue weighted by Crippen LogP contribution is 2.30. The van der Waals surface area contributed by atoms with E-state index in [0.29, 0.717) is 0 Å². The molecule has 2 rings (SSSR count). The van der Waals surface area contributed by atoms with Crippen LogP contribution >= 0.6 is 11.6 Å². The Morgan fingerprint density at radius 2 is 2.00 bits per heavy atom. The number of rotatable bonds is 0. The molecule has 0 saturated carbocycles. The molecule has 2 heterocycles. The molecule has 7 heteroatoms. The molecule has 0 radical (unpaired) electrons. The first-order valence-corrected chi connectivity index (χ1v) is 3.92. The molecule has 0 aliphatic heterocycles. The molecule has 2 aromatic heterocycles. The van der Waals surface area contributed by atoms with Crippen LogP contribution in [-0.2, 0) is 6.18 Å². The Morgan fingerprint density at radius 3 is 2.64 bits per heavy atom. The van der Waals surface area contributed by atoms with Gasteiger partial charge < -0.3 is 0 Å².